The van der Waals surface area contributed by atoms with Crippen molar-refractivity contribution in [3.05, 3.63) is 109 Å². The molecule has 0 aromatic rings. The van der Waals surface area contributed by atoms with E-state index in [4.69, 9.17) is 14.2 Å². The first-order chi connectivity index (χ1) is 38.0. The van der Waals surface area contributed by atoms with Crippen LogP contribution in [0.2, 0.25) is 0 Å². The Hall–Kier alpha value is -3.93. The summed E-state index contributed by atoms with van der Waals surface area (Å²) >= 11 is 0. The molecule has 0 aromatic carbocycles. The van der Waals surface area contributed by atoms with Crippen LogP contribution in [-0.4, -0.2) is 37.2 Å². The van der Waals surface area contributed by atoms with Crippen LogP contribution in [0.3, 0.4) is 0 Å². The molecule has 0 saturated heterocycles. The van der Waals surface area contributed by atoms with Crippen molar-refractivity contribution in [2.45, 2.75) is 309 Å². The zero-order valence-corrected chi connectivity index (χ0v) is 50.4. The summed E-state index contributed by atoms with van der Waals surface area (Å²) in [6, 6.07) is 0. The lowest BCUT2D eigenvalue weighted by Crippen LogP contribution is -2.30. The highest BCUT2D eigenvalue weighted by Gasteiger charge is 2.19. The lowest BCUT2D eigenvalue weighted by Gasteiger charge is -2.18. The standard InChI is InChI=1S/C71H120O6/c1-4-7-10-13-16-19-21-23-25-27-28-29-30-31-32-33-34-35-36-37-38-39-40-41-42-43-44-45-47-48-50-52-55-58-61-64-70(73)76-67-68(66-75-69(72)63-60-57-54-18-15-12-9-6-3)77-71(74)65-62-59-56-53-51-49-46-26-24-22-20-17-14-11-8-5-2/h7,10,16,19,23,25,28-29,31-32,34-35,37-38,40-41,43-44,68H,4-6,8-9,11-15,17-18,20-22,24,26-27,30,33,36,39,42,45-67H2,1-3H3/b10-7-,19-16-,25-23-,29-28-,32-31-,35-34-,38-37-,41-40-,44-43-. The van der Waals surface area contributed by atoms with Gasteiger partial charge in [-0.25, -0.2) is 0 Å². The maximum atomic E-state index is 12.8. The normalized spacial score (nSPS) is 12.8. The van der Waals surface area contributed by atoms with Gasteiger partial charge in [0.1, 0.15) is 13.2 Å². The molecule has 0 rings (SSSR count). The molecular weight excluding hydrogens is 949 g/mol. The molecule has 6 heteroatoms. The van der Waals surface area contributed by atoms with E-state index in [0.717, 1.165) is 122 Å². The van der Waals surface area contributed by atoms with Gasteiger partial charge >= 0.3 is 17.9 Å². The number of allylic oxidation sites excluding steroid dienone is 18. The molecule has 0 heterocycles. The van der Waals surface area contributed by atoms with Gasteiger partial charge in [0.05, 0.1) is 0 Å². The van der Waals surface area contributed by atoms with Gasteiger partial charge in [-0.3, -0.25) is 14.4 Å². The van der Waals surface area contributed by atoms with Gasteiger partial charge in [0.25, 0.3) is 0 Å². The second kappa shape index (κ2) is 64.6. The summed E-state index contributed by atoms with van der Waals surface area (Å²) in [6.45, 7) is 6.51. The highest BCUT2D eigenvalue weighted by Crippen LogP contribution is 2.16. The van der Waals surface area contributed by atoms with Gasteiger partial charge in [-0.2, -0.15) is 0 Å². The van der Waals surface area contributed by atoms with E-state index in [1.807, 2.05) is 0 Å². The number of hydrogen-bond acceptors (Lipinski definition) is 6. The first-order valence-corrected chi connectivity index (χ1v) is 32.4. The topological polar surface area (TPSA) is 78.9 Å². The van der Waals surface area contributed by atoms with Gasteiger partial charge in [-0.15, -0.1) is 0 Å². The van der Waals surface area contributed by atoms with E-state index in [9.17, 15) is 14.4 Å². The molecule has 0 aliphatic carbocycles. The SMILES string of the molecule is CC/C=C\C/C=C\C/C=C\C/C=C\C/C=C\C/C=C\C/C=C\C/C=C\C/C=C\CCCCCCCCCC(=O)OCC(COC(=O)CCCCCCCCCC)OC(=O)CCCCCCCCCCCCCCCCCC. The molecule has 77 heavy (non-hydrogen) atoms. The van der Waals surface area contributed by atoms with E-state index in [-0.39, 0.29) is 31.1 Å². The van der Waals surface area contributed by atoms with E-state index < -0.39 is 6.10 Å². The maximum absolute atomic E-state index is 12.8. The van der Waals surface area contributed by atoms with Gasteiger partial charge < -0.3 is 14.2 Å². The fraction of sp³-hybridized carbons (Fsp3) is 0.704. The average Bonchev–Trinajstić information content (AvgIpc) is 3.43. The Kier molecular flexibility index (Phi) is 61.3. The molecule has 1 atom stereocenters. The number of hydrogen-bond donors (Lipinski definition) is 0. The first-order valence-electron chi connectivity index (χ1n) is 32.4. The van der Waals surface area contributed by atoms with Crippen LogP contribution in [0.1, 0.15) is 303 Å². The van der Waals surface area contributed by atoms with Crippen LogP contribution in [0.25, 0.3) is 0 Å². The molecule has 440 valence electrons. The minimum atomic E-state index is -0.778. The molecule has 0 aliphatic heterocycles. The third kappa shape index (κ3) is 62.8. The number of carbonyl (C=O) groups excluding carboxylic acids is 3. The van der Waals surface area contributed by atoms with Crippen molar-refractivity contribution >= 4 is 17.9 Å². The largest absolute Gasteiger partial charge is 0.462 e. The highest BCUT2D eigenvalue weighted by molar-refractivity contribution is 5.71. The van der Waals surface area contributed by atoms with Crippen molar-refractivity contribution in [3.63, 3.8) is 0 Å². The number of ether oxygens (including phenoxy) is 3. The van der Waals surface area contributed by atoms with Gasteiger partial charge in [-0.1, -0.05) is 304 Å². The van der Waals surface area contributed by atoms with E-state index in [2.05, 4.69) is 130 Å². The van der Waals surface area contributed by atoms with E-state index >= 15 is 0 Å². The number of unbranched alkanes of at least 4 members (excludes halogenated alkanes) is 29. The molecule has 0 aliphatic rings. The molecule has 0 spiro atoms. The van der Waals surface area contributed by atoms with Gasteiger partial charge in [0, 0.05) is 19.3 Å². The van der Waals surface area contributed by atoms with E-state index in [1.54, 1.807) is 0 Å². The Morgan fingerprint density at radius 1 is 0.273 bits per heavy atom. The Bertz CT molecular complexity index is 1560. The third-order valence-electron chi connectivity index (χ3n) is 13.8. The number of rotatable bonds is 58. The molecule has 1 unspecified atom stereocenters. The van der Waals surface area contributed by atoms with E-state index in [1.165, 1.54) is 141 Å². The predicted octanol–water partition coefficient (Wildman–Crippen LogP) is 22.2. The summed E-state index contributed by atoms with van der Waals surface area (Å²) < 4.78 is 16.8. The average molecular weight is 1070 g/mol. The molecular formula is C71H120O6. The summed E-state index contributed by atoms with van der Waals surface area (Å²) in [4.78, 5) is 38.1. The van der Waals surface area contributed by atoms with Crippen LogP contribution in [0.5, 0.6) is 0 Å². The Labute approximate surface area is 476 Å². The van der Waals surface area contributed by atoms with Crippen molar-refractivity contribution in [3.8, 4) is 0 Å². The van der Waals surface area contributed by atoms with Crippen molar-refractivity contribution in [2.24, 2.45) is 0 Å². The highest BCUT2D eigenvalue weighted by atomic mass is 16.6. The Morgan fingerprint density at radius 3 is 0.792 bits per heavy atom. The monoisotopic (exact) mass is 1070 g/mol. The molecule has 0 aromatic heterocycles. The van der Waals surface area contributed by atoms with Crippen LogP contribution in [-0.2, 0) is 28.6 Å². The minimum Gasteiger partial charge on any atom is -0.462 e. The number of carbonyl (C=O) groups is 3. The lowest BCUT2D eigenvalue weighted by atomic mass is 10.0. The van der Waals surface area contributed by atoms with Crippen molar-refractivity contribution < 1.29 is 28.6 Å². The Morgan fingerprint density at radius 2 is 0.506 bits per heavy atom. The zero-order chi connectivity index (χ0) is 55.7. The quantitative estimate of drug-likeness (QED) is 0.0261. The molecule has 0 N–H and O–H groups in total. The van der Waals surface area contributed by atoms with Crippen LogP contribution in [0.4, 0.5) is 0 Å². The van der Waals surface area contributed by atoms with Crippen molar-refractivity contribution in [1.82, 2.24) is 0 Å². The smallest absolute Gasteiger partial charge is 0.306 e. The van der Waals surface area contributed by atoms with Crippen LogP contribution in [0, 0.1) is 0 Å². The third-order valence-corrected chi connectivity index (χ3v) is 13.8. The first kappa shape index (κ1) is 73.1. The summed E-state index contributed by atoms with van der Waals surface area (Å²) in [7, 11) is 0. The van der Waals surface area contributed by atoms with Gasteiger partial charge in [-0.05, 0) is 89.9 Å². The summed E-state index contributed by atoms with van der Waals surface area (Å²) in [5.41, 5.74) is 0. The molecule has 0 radical (unpaired) electrons. The lowest BCUT2D eigenvalue weighted by molar-refractivity contribution is -0.167. The predicted molar refractivity (Wildman–Crippen MR) is 334 cm³/mol. The van der Waals surface area contributed by atoms with E-state index in [0.29, 0.717) is 19.3 Å². The molecule has 0 bridgehead atoms. The fourth-order valence-electron chi connectivity index (χ4n) is 8.97. The molecule has 0 fully saturated rings. The second-order valence-electron chi connectivity index (χ2n) is 21.3. The van der Waals surface area contributed by atoms with Gasteiger partial charge in [0.2, 0.25) is 0 Å². The Balaban J connectivity index is 4.15. The zero-order valence-electron chi connectivity index (χ0n) is 50.4. The van der Waals surface area contributed by atoms with Crippen LogP contribution in [0.15, 0.2) is 109 Å². The second-order valence-corrected chi connectivity index (χ2v) is 21.3. The summed E-state index contributed by atoms with van der Waals surface area (Å²) in [5, 5.41) is 0. The summed E-state index contributed by atoms with van der Waals surface area (Å²) in [6.07, 6.45) is 88.3. The fourth-order valence-corrected chi connectivity index (χ4v) is 8.97. The molecule has 6 nitrogen and oxygen atoms in total. The maximum Gasteiger partial charge on any atom is 0.306 e. The molecule has 0 amide bonds. The summed E-state index contributed by atoms with van der Waals surface area (Å²) in [5.74, 6) is -0.885. The van der Waals surface area contributed by atoms with Crippen molar-refractivity contribution in [2.75, 3.05) is 13.2 Å². The van der Waals surface area contributed by atoms with Crippen molar-refractivity contribution in [1.29, 1.82) is 0 Å². The van der Waals surface area contributed by atoms with Crippen LogP contribution >= 0.6 is 0 Å². The number of esters is 3. The minimum absolute atomic E-state index is 0.0776. The molecule has 0 saturated carbocycles. The van der Waals surface area contributed by atoms with Crippen LogP contribution < -0.4 is 0 Å². The van der Waals surface area contributed by atoms with Gasteiger partial charge in [0.15, 0.2) is 6.10 Å².